The molecular weight excluding hydrogens is 212 g/mol. The van der Waals surface area contributed by atoms with Crippen molar-refractivity contribution in [3.63, 3.8) is 0 Å². The van der Waals surface area contributed by atoms with Gasteiger partial charge in [0.1, 0.15) is 5.75 Å². The summed E-state index contributed by atoms with van der Waals surface area (Å²) in [5.41, 5.74) is 1.27. The molecule has 0 aromatic heterocycles. The van der Waals surface area contributed by atoms with Crippen LogP contribution in [0.3, 0.4) is 0 Å². The maximum atomic E-state index is 8.47. The smallest absolute Gasteiger partial charge is 0.119 e. The Morgan fingerprint density at radius 2 is 2.18 bits per heavy atom. The third kappa shape index (κ3) is 4.08. The molecule has 0 aliphatic heterocycles. The Morgan fingerprint density at radius 1 is 1.41 bits per heavy atom. The van der Waals surface area contributed by atoms with Crippen LogP contribution in [0.1, 0.15) is 25.8 Å². The first-order chi connectivity index (χ1) is 8.10. The first-order valence-electron chi connectivity index (χ1n) is 5.82. The highest BCUT2D eigenvalue weighted by Crippen LogP contribution is 2.25. The highest BCUT2D eigenvalue weighted by atomic mass is 16.5. The molecule has 3 heteroatoms. The van der Waals surface area contributed by atoms with Crippen molar-refractivity contribution in [1.29, 1.82) is 5.26 Å². The van der Waals surface area contributed by atoms with Crippen molar-refractivity contribution in [2.24, 2.45) is 0 Å². The van der Waals surface area contributed by atoms with Crippen LogP contribution in [0, 0.1) is 11.3 Å². The van der Waals surface area contributed by atoms with Gasteiger partial charge in [0.05, 0.1) is 13.2 Å². The lowest BCUT2D eigenvalue weighted by molar-refractivity contribution is 0.410. The average Bonchev–Trinajstić information content (AvgIpc) is 2.35. The van der Waals surface area contributed by atoms with Crippen LogP contribution in [-0.2, 0) is 5.41 Å². The van der Waals surface area contributed by atoms with Gasteiger partial charge in [0.2, 0.25) is 0 Å². The highest BCUT2D eigenvalue weighted by Gasteiger charge is 2.20. The Morgan fingerprint density at radius 3 is 2.82 bits per heavy atom. The predicted octanol–water partition coefficient (Wildman–Crippen LogP) is 2.48. The maximum Gasteiger partial charge on any atom is 0.119 e. The Balaban J connectivity index is 2.64. The Labute approximate surface area is 103 Å². The molecule has 0 amide bonds. The molecule has 0 heterocycles. The fraction of sp³-hybridized carbons (Fsp3) is 0.500. The van der Waals surface area contributed by atoms with Gasteiger partial charge in [-0.3, -0.25) is 0 Å². The molecule has 0 radical (unpaired) electrons. The van der Waals surface area contributed by atoms with E-state index < -0.39 is 0 Å². The molecule has 0 aliphatic carbocycles. The summed E-state index contributed by atoms with van der Waals surface area (Å²) in [6.45, 7) is 5.95. The molecule has 0 unspecified atom stereocenters. The van der Waals surface area contributed by atoms with Gasteiger partial charge in [0, 0.05) is 24.9 Å². The van der Waals surface area contributed by atoms with Crippen LogP contribution >= 0.6 is 0 Å². The number of hydrogen-bond acceptors (Lipinski definition) is 3. The third-order valence-electron chi connectivity index (χ3n) is 2.83. The molecule has 1 aromatic carbocycles. The van der Waals surface area contributed by atoms with Crippen LogP contribution in [0.4, 0.5) is 0 Å². The number of nitrogens with one attached hydrogen (secondary N) is 1. The molecule has 3 nitrogen and oxygen atoms in total. The van der Waals surface area contributed by atoms with Crippen LogP contribution in [0.2, 0.25) is 0 Å². The van der Waals surface area contributed by atoms with E-state index in [0.29, 0.717) is 6.42 Å². The molecule has 1 aromatic rings. The monoisotopic (exact) mass is 232 g/mol. The molecule has 0 saturated carbocycles. The largest absolute Gasteiger partial charge is 0.497 e. The summed E-state index contributed by atoms with van der Waals surface area (Å²) in [5, 5.41) is 11.8. The van der Waals surface area contributed by atoms with Gasteiger partial charge in [-0.05, 0) is 17.7 Å². The Kier molecular flexibility index (Phi) is 4.99. The molecule has 0 saturated heterocycles. The summed E-state index contributed by atoms with van der Waals surface area (Å²) in [5.74, 6) is 0.882. The van der Waals surface area contributed by atoms with E-state index in [1.807, 2.05) is 12.1 Å². The molecule has 17 heavy (non-hydrogen) atoms. The van der Waals surface area contributed by atoms with E-state index in [-0.39, 0.29) is 5.41 Å². The molecule has 1 rings (SSSR count). The van der Waals surface area contributed by atoms with Crippen molar-refractivity contribution in [3.8, 4) is 11.8 Å². The van der Waals surface area contributed by atoms with Crippen molar-refractivity contribution in [2.75, 3.05) is 20.2 Å². The van der Waals surface area contributed by atoms with Crippen LogP contribution in [-0.4, -0.2) is 20.2 Å². The molecule has 0 aliphatic rings. The summed E-state index contributed by atoms with van der Waals surface area (Å²) in [6, 6.07) is 10.2. The van der Waals surface area contributed by atoms with Gasteiger partial charge in [-0.25, -0.2) is 0 Å². The average molecular weight is 232 g/mol. The quantitative estimate of drug-likeness (QED) is 0.766. The minimum Gasteiger partial charge on any atom is -0.497 e. The highest BCUT2D eigenvalue weighted by molar-refractivity contribution is 5.33. The molecule has 1 N–H and O–H groups in total. The van der Waals surface area contributed by atoms with Gasteiger partial charge in [0.25, 0.3) is 0 Å². The summed E-state index contributed by atoms with van der Waals surface area (Å²) < 4.78 is 5.23. The van der Waals surface area contributed by atoms with Crippen molar-refractivity contribution in [3.05, 3.63) is 29.8 Å². The van der Waals surface area contributed by atoms with Crippen molar-refractivity contribution < 1.29 is 4.74 Å². The summed E-state index contributed by atoms with van der Waals surface area (Å²) in [6.07, 6.45) is 0.550. The van der Waals surface area contributed by atoms with Gasteiger partial charge in [-0.2, -0.15) is 5.26 Å². The zero-order valence-corrected chi connectivity index (χ0v) is 10.8. The van der Waals surface area contributed by atoms with E-state index >= 15 is 0 Å². The van der Waals surface area contributed by atoms with Gasteiger partial charge >= 0.3 is 0 Å². The first-order valence-corrected chi connectivity index (χ1v) is 5.82. The first kappa shape index (κ1) is 13.5. The molecule has 0 fully saturated rings. The number of hydrogen-bond donors (Lipinski definition) is 1. The summed E-state index contributed by atoms with van der Waals surface area (Å²) in [4.78, 5) is 0. The standard InChI is InChI=1S/C14H20N2O/c1-14(2,11-16-9-5-8-15)12-6-4-7-13(10-12)17-3/h4,6-7,10,16H,5,9,11H2,1-3H3. The normalized spacial score (nSPS) is 10.9. The Hall–Kier alpha value is -1.53. The lowest BCUT2D eigenvalue weighted by Crippen LogP contribution is -2.33. The lowest BCUT2D eigenvalue weighted by atomic mass is 9.84. The van der Waals surface area contributed by atoms with E-state index in [1.54, 1.807) is 7.11 Å². The van der Waals surface area contributed by atoms with E-state index in [4.69, 9.17) is 10.00 Å². The van der Waals surface area contributed by atoms with Gasteiger partial charge in [-0.15, -0.1) is 0 Å². The maximum absolute atomic E-state index is 8.47. The number of nitrogens with zero attached hydrogens (tertiary/aromatic N) is 1. The summed E-state index contributed by atoms with van der Waals surface area (Å²) >= 11 is 0. The molecule has 0 atom stereocenters. The zero-order valence-electron chi connectivity index (χ0n) is 10.8. The Bertz CT molecular complexity index is 393. The van der Waals surface area contributed by atoms with E-state index in [9.17, 15) is 0 Å². The number of ether oxygens (including phenoxy) is 1. The van der Waals surface area contributed by atoms with Gasteiger partial charge < -0.3 is 10.1 Å². The number of rotatable bonds is 6. The molecule has 0 bridgehead atoms. The number of nitriles is 1. The van der Waals surface area contributed by atoms with E-state index in [0.717, 1.165) is 18.8 Å². The van der Waals surface area contributed by atoms with Crippen molar-refractivity contribution >= 4 is 0 Å². The van der Waals surface area contributed by atoms with E-state index in [2.05, 4.69) is 37.4 Å². The van der Waals surface area contributed by atoms with Gasteiger partial charge in [0.15, 0.2) is 0 Å². The second kappa shape index (κ2) is 6.27. The lowest BCUT2D eigenvalue weighted by Gasteiger charge is -2.26. The number of methoxy groups -OCH3 is 1. The fourth-order valence-electron chi connectivity index (χ4n) is 1.69. The fourth-order valence-corrected chi connectivity index (χ4v) is 1.69. The molecular formula is C14H20N2O. The van der Waals surface area contributed by atoms with Gasteiger partial charge in [-0.1, -0.05) is 26.0 Å². The van der Waals surface area contributed by atoms with Crippen molar-refractivity contribution in [1.82, 2.24) is 5.32 Å². The molecule has 92 valence electrons. The predicted molar refractivity (Wildman–Crippen MR) is 69.1 cm³/mol. The van der Waals surface area contributed by atoms with E-state index in [1.165, 1.54) is 5.56 Å². The van der Waals surface area contributed by atoms with Crippen molar-refractivity contribution in [2.45, 2.75) is 25.7 Å². The molecule has 0 spiro atoms. The second-order valence-electron chi connectivity index (χ2n) is 4.70. The minimum atomic E-state index is 0.0317. The van der Waals surface area contributed by atoms with Crippen LogP contribution < -0.4 is 10.1 Å². The zero-order chi connectivity index (χ0) is 12.7. The topological polar surface area (TPSA) is 45.0 Å². The SMILES string of the molecule is COc1cccc(C(C)(C)CNCCC#N)c1. The minimum absolute atomic E-state index is 0.0317. The second-order valence-corrected chi connectivity index (χ2v) is 4.70. The number of benzene rings is 1. The summed E-state index contributed by atoms with van der Waals surface area (Å²) in [7, 11) is 1.68. The van der Waals surface area contributed by atoms with Crippen LogP contribution in [0.5, 0.6) is 5.75 Å². The van der Waals surface area contributed by atoms with Crippen LogP contribution in [0.15, 0.2) is 24.3 Å². The third-order valence-corrected chi connectivity index (χ3v) is 2.83. The van der Waals surface area contributed by atoms with Crippen LogP contribution in [0.25, 0.3) is 0 Å².